The third kappa shape index (κ3) is 4.68. The van der Waals surface area contributed by atoms with E-state index in [-0.39, 0.29) is 17.6 Å². The van der Waals surface area contributed by atoms with E-state index < -0.39 is 0 Å². The van der Waals surface area contributed by atoms with Crippen molar-refractivity contribution in [1.29, 1.82) is 0 Å². The van der Waals surface area contributed by atoms with Gasteiger partial charge in [0.2, 0.25) is 0 Å². The van der Waals surface area contributed by atoms with Crippen molar-refractivity contribution in [2.45, 2.75) is 12.6 Å². The molecule has 0 spiro atoms. The summed E-state index contributed by atoms with van der Waals surface area (Å²) in [7, 11) is 3.26. The number of nitrogens with one attached hydrogen (secondary N) is 1. The lowest BCUT2D eigenvalue weighted by atomic mass is 10.2. The zero-order valence-corrected chi connectivity index (χ0v) is 10.2. The zero-order chi connectivity index (χ0) is 12.7. The van der Waals surface area contributed by atoms with Gasteiger partial charge in [-0.2, -0.15) is 0 Å². The largest absolute Gasteiger partial charge is 0.396 e. The maximum absolute atomic E-state index is 13.2. The summed E-state index contributed by atoms with van der Waals surface area (Å²) in [6, 6.07) is 4.79. The number of nitrogen functional groups attached to an aromatic ring is 1. The van der Waals surface area contributed by atoms with Crippen LogP contribution in [0.5, 0.6) is 0 Å². The van der Waals surface area contributed by atoms with Crippen molar-refractivity contribution in [3.8, 4) is 0 Å². The number of anilines is 1. The molecule has 0 heterocycles. The van der Waals surface area contributed by atoms with Crippen LogP contribution in [0, 0.1) is 5.82 Å². The highest BCUT2D eigenvalue weighted by atomic mass is 19.1. The van der Waals surface area contributed by atoms with Crippen LogP contribution in [0.1, 0.15) is 5.56 Å². The Morgan fingerprint density at radius 1 is 1.41 bits per heavy atom. The standard InChI is InChI=1S/C12H19FN2O2/c1-16-8-10(17-2)7-15-6-9-3-4-12(14)11(13)5-9/h3-5,10,15H,6-8,14H2,1-2H3. The summed E-state index contributed by atoms with van der Waals surface area (Å²) >= 11 is 0. The molecule has 4 nitrogen and oxygen atoms in total. The predicted molar refractivity (Wildman–Crippen MR) is 65.2 cm³/mol. The van der Waals surface area contributed by atoms with Gasteiger partial charge in [-0.25, -0.2) is 4.39 Å². The van der Waals surface area contributed by atoms with Gasteiger partial charge in [0.15, 0.2) is 0 Å². The number of rotatable bonds is 7. The number of benzene rings is 1. The number of halogens is 1. The summed E-state index contributed by atoms with van der Waals surface area (Å²) < 4.78 is 23.3. The van der Waals surface area contributed by atoms with Gasteiger partial charge in [-0.3, -0.25) is 0 Å². The van der Waals surface area contributed by atoms with Crippen molar-refractivity contribution >= 4 is 5.69 Å². The molecule has 5 heteroatoms. The van der Waals surface area contributed by atoms with Gasteiger partial charge in [-0.1, -0.05) is 6.07 Å². The molecule has 0 bridgehead atoms. The van der Waals surface area contributed by atoms with Crippen molar-refractivity contribution in [2.75, 3.05) is 33.1 Å². The third-order valence-electron chi connectivity index (χ3n) is 2.45. The highest BCUT2D eigenvalue weighted by Gasteiger charge is 2.06. The maximum Gasteiger partial charge on any atom is 0.146 e. The predicted octanol–water partition coefficient (Wildman–Crippen LogP) is 1.16. The Labute approximate surface area is 101 Å². The Kier molecular flexibility index (Phi) is 5.90. The lowest BCUT2D eigenvalue weighted by Gasteiger charge is -2.15. The van der Waals surface area contributed by atoms with Crippen molar-refractivity contribution in [3.63, 3.8) is 0 Å². The van der Waals surface area contributed by atoms with Crippen LogP contribution in [0.3, 0.4) is 0 Å². The lowest BCUT2D eigenvalue weighted by molar-refractivity contribution is 0.0288. The molecule has 0 aliphatic rings. The van der Waals surface area contributed by atoms with Gasteiger partial charge >= 0.3 is 0 Å². The topological polar surface area (TPSA) is 56.5 Å². The van der Waals surface area contributed by atoms with Crippen molar-refractivity contribution in [3.05, 3.63) is 29.6 Å². The van der Waals surface area contributed by atoms with Gasteiger partial charge in [0, 0.05) is 27.3 Å². The summed E-state index contributed by atoms with van der Waals surface area (Å²) in [6.07, 6.45) is -0.00127. The molecule has 0 saturated carbocycles. The van der Waals surface area contributed by atoms with Gasteiger partial charge in [-0.05, 0) is 17.7 Å². The van der Waals surface area contributed by atoms with Gasteiger partial charge in [0.25, 0.3) is 0 Å². The first kappa shape index (κ1) is 13.9. The molecular formula is C12H19FN2O2. The molecule has 1 unspecified atom stereocenters. The summed E-state index contributed by atoms with van der Waals surface area (Å²) in [4.78, 5) is 0. The van der Waals surface area contributed by atoms with Gasteiger partial charge in [0.1, 0.15) is 5.82 Å². The van der Waals surface area contributed by atoms with Crippen LogP contribution in [-0.4, -0.2) is 33.5 Å². The fourth-order valence-electron chi connectivity index (χ4n) is 1.45. The second kappa shape index (κ2) is 7.21. The van der Waals surface area contributed by atoms with Gasteiger partial charge in [0.05, 0.1) is 18.4 Å². The highest BCUT2D eigenvalue weighted by molar-refractivity contribution is 5.41. The van der Waals surface area contributed by atoms with E-state index in [0.29, 0.717) is 19.7 Å². The molecule has 0 radical (unpaired) electrons. The second-order valence-electron chi connectivity index (χ2n) is 3.80. The number of hydrogen-bond acceptors (Lipinski definition) is 4. The van der Waals surface area contributed by atoms with Crippen LogP contribution in [-0.2, 0) is 16.0 Å². The normalized spacial score (nSPS) is 12.6. The van der Waals surface area contributed by atoms with E-state index in [1.165, 1.54) is 6.07 Å². The molecule has 0 aliphatic carbocycles. The molecule has 1 atom stereocenters. The van der Waals surface area contributed by atoms with Gasteiger partial charge in [-0.15, -0.1) is 0 Å². The van der Waals surface area contributed by atoms with Crippen LogP contribution in [0.15, 0.2) is 18.2 Å². The molecule has 0 amide bonds. The Balaban J connectivity index is 2.37. The third-order valence-corrected chi connectivity index (χ3v) is 2.45. The fourth-order valence-corrected chi connectivity index (χ4v) is 1.45. The van der Waals surface area contributed by atoms with E-state index in [0.717, 1.165) is 5.56 Å². The number of nitrogens with two attached hydrogens (primary N) is 1. The molecule has 1 rings (SSSR count). The van der Waals surface area contributed by atoms with Crippen molar-refractivity contribution in [2.24, 2.45) is 0 Å². The van der Waals surface area contributed by atoms with Crippen LogP contribution in [0.4, 0.5) is 10.1 Å². The first-order chi connectivity index (χ1) is 8.17. The monoisotopic (exact) mass is 242 g/mol. The average Bonchev–Trinajstić information content (AvgIpc) is 2.32. The van der Waals surface area contributed by atoms with E-state index in [2.05, 4.69) is 5.32 Å². The zero-order valence-electron chi connectivity index (χ0n) is 10.2. The Morgan fingerprint density at radius 2 is 2.18 bits per heavy atom. The number of methoxy groups -OCH3 is 2. The molecule has 0 aliphatic heterocycles. The fraction of sp³-hybridized carbons (Fsp3) is 0.500. The Bertz CT molecular complexity index is 347. The number of hydrogen-bond donors (Lipinski definition) is 2. The van der Waals surface area contributed by atoms with Crippen molar-refractivity contribution in [1.82, 2.24) is 5.32 Å². The minimum absolute atomic E-state index is 0.00127. The number of ether oxygens (including phenoxy) is 2. The van der Waals surface area contributed by atoms with Gasteiger partial charge < -0.3 is 20.5 Å². The molecule has 3 N–H and O–H groups in total. The minimum atomic E-state index is -0.385. The summed E-state index contributed by atoms with van der Waals surface area (Å²) in [5.41, 5.74) is 6.41. The van der Waals surface area contributed by atoms with Crippen LogP contribution >= 0.6 is 0 Å². The summed E-state index contributed by atoms with van der Waals surface area (Å²) in [5, 5.41) is 3.17. The van der Waals surface area contributed by atoms with Crippen LogP contribution in [0.2, 0.25) is 0 Å². The Morgan fingerprint density at radius 3 is 2.76 bits per heavy atom. The summed E-state index contributed by atoms with van der Waals surface area (Å²) in [5.74, 6) is -0.385. The van der Waals surface area contributed by atoms with Crippen LogP contribution < -0.4 is 11.1 Å². The van der Waals surface area contributed by atoms with E-state index in [4.69, 9.17) is 15.2 Å². The van der Waals surface area contributed by atoms with Crippen molar-refractivity contribution < 1.29 is 13.9 Å². The molecule has 0 fully saturated rings. The Hall–Kier alpha value is -1.17. The lowest BCUT2D eigenvalue weighted by Crippen LogP contribution is -2.31. The molecule has 0 saturated heterocycles. The SMILES string of the molecule is COCC(CNCc1ccc(N)c(F)c1)OC. The molecule has 1 aromatic carbocycles. The molecule has 17 heavy (non-hydrogen) atoms. The highest BCUT2D eigenvalue weighted by Crippen LogP contribution is 2.11. The van der Waals surface area contributed by atoms with E-state index in [9.17, 15) is 4.39 Å². The first-order valence-corrected chi connectivity index (χ1v) is 5.43. The van der Waals surface area contributed by atoms with E-state index in [1.807, 2.05) is 0 Å². The maximum atomic E-state index is 13.2. The quantitative estimate of drug-likeness (QED) is 0.704. The molecule has 96 valence electrons. The van der Waals surface area contributed by atoms with E-state index in [1.54, 1.807) is 26.4 Å². The minimum Gasteiger partial charge on any atom is -0.396 e. The summed E-state index contributed by atoms with van der Waals surface area (Å²) in [6.45, 7) is 1.75. The van der Waals surface area contributed by atoms with E-state index >= 15 is 0 Å². The molecule has 0 aromatic heterocycles. The first-order valence-electron chi connectivity index (χ1n) is 5.43. The average molecular weight is 242 g/mol. The van der Waals surface area contributed by atoms with Crippen LogP contribution in [0.25, 0.3) is 0 Å². The smallest absolute Gasteiger partial charge is 0.146 e. The molecule has 1 aromatic rings. The molecular weight excluding hydrogens is 223 g/mol. The second-order valence-corrected chi connectivity index (χ2v) is 3.80.